The zero-order chi connectivity index (χ0) is 9.84. The molecule has 0 aliphatic rings. The molecule has 0 amide bonds. The molecule has 1 heterocycles. The predicted molar refractivity (Wildman–Crippen MR) is 54.5 cm³/mol. The topological polar surface area (TPSA) is 12.5 Å². The monoisotopic (exact) mass is 221 g/mol. The van der Waals surface area contributed by atoms with Crippen molar-refractivity contribution in [3.8, 4) is 0 Å². The highest BCUT2D eigenvalue weighted by Crippen LogP contribution is 2.31. The van der Waals surface area contributed by atoms with Gasteiger partial charge < -0.3 is 9.08 Å². The van der Waals surface area contributed by atoms with Gasteiger partial charge in [-0.1, -0.05) is 0 Å². The van der Waals surface area contributed by atoms with Gasteiger partial charge in [0.25, 0.3) is 0 Å². The summed E-state index contributed by atoms with van der Waals surface area (Å²) in [5, 5.41) is 0. The van der Waals surface area contributed by atoms with Crippen LogP contribution in [0.1, 0.15) is 4.88 Å². The third-order valence-electron chi connectivity index (χ3n) is 1.34. The molecule has 0 aromatic carbocycles. The summed E-state index contributed by atoms with van der Waals surface area (Å²) < 4.78 is 18.5. The van der Waals surface area contributed by atoms with Crippen LogP contribution in [0.2, 0.25) is 0 Å². The minimum atomic E-state index is -0.186. The molecule has 74 valence electrons. The number of rotatable bonds is 4. The molecule has 0 atom stereocenters. The lowest BCUT2D eigenvalue weighted by molar-refractivity contribution is 0.406. The lowest BCUT2D eigenvalue weighted by Gasteiger charge is -2.05. The number of nitrogens with zero attached hydrogens (tertiary/aromatic N) is 1. The molecule has 1 aromatic heterocycles. The molecule has 5 heteroatoms. The quantitative estimate of drug-likeness (QED) is 0.725. The summed E-state index contributed by atoms with van der Waals surface area (Å²) in [6.45, 7) is 0.770. The van der Waals surface area contributed by atoms with Crippen molar-refractivity contribution in [2.45, 2.75) is 10.8 Å². The van der Waals surface area contributed by atoms with E-state index in [2.05, 4.69) is 0 Å². The molecule has 0 radical (unpaired) electrons. The summed E-state index contributed by atoms with van der Waals surface area (Å²) in [4.78, 5) is 3.02. The lowest BCUT2D eigenvalue weighted by atomic mass is 10.4. The average Bonchev–Trinajstić information content (AvgIpc) is 2.31. The zero-order valence-corrected chi connectivity index (χ0v) is 9.47. The predicted octanol–water partition coefficient (Wildman–Crippen LogP) is 2.60. The highest BCUT2D eigenvalue weighted by Gasteiger charge is 2.09. The maximum absolute atomic E-state index is 13.1. The van der Waals surface area contributed by atoms with Gasteiger partial charge in [0, 0.05) is 23.5 Å². The third-order valence-corrected chi connectivity index (χ3v) is 3.19. The fraction of sp³-hybridized carbons (Fsp3) is 0.500. The first-order chi connectivity index (χ1) is 6.13. The van der Waals surface area contributed by atoms with Gasteiger partial charge in [0.1, 0.15) is 10.0 Å². The van der Waals surface area contributed by atoms with E-state index in [4.69, 9.17) is 4.18 Å². The molecule has 2 nitrogen and oxygen atoms in total. The van der Waals surface area contributed by atoms with E-state index in [1.54, 1.807) is 6.07 Å². The van der Waals surface area contributed by atoms with Gasteiger partial charge in [0.2, 0.25) is 0 Å². The Hall–Kier alpha value is -0.100. The molecule has 1 rings (SSSR count). The smallest absolute Gasteiger partial charge is 0.150 e. The van der Waals surface area contributed by atoms with Crippen molar-refractivity contribution < 1.29 is 8.57 Å². The van der Waals surface area contributed by atoms with Crippen molar-refractivity contribution in [3.63, 3.8) is 0 Å². The van der Waals surface area contributed by atoms with Gasteiger partial charge in [-0.15, -0.1) is 11.3 Å². The van der Waals surface area contributed by atoms with E-state index in [9.17, 15) is 4.39 Å². The molecule has 0 bridgehead atoms. The van der Waals surface area contributed by atoms with Crippen molar-refractivity contribution in [3.05, 3.63) is 16.8 Å². The summed E-state index contributed by atoms with van der Waals surface area (Å²) in [7, 11) is 5.46. The molecule has 1 aromatic rings. The average molecular weight is 221 g/mol. The molecule has 0 saturated carbocycles. The van der Waals surface area contributed by atoms with Gasteiger partial charge in [-0.25, -0.2) is 4.39 Å². The summed E-state index contributed by atoms with van der Waals surface area (Å²) in [5.74, 6) is -0.186. The van der Waals surface area contributed by atoms with Gasteiger partial charge in [-0.3, -0.25) is 0 Å². The second kappa shape index (κ2) is 4.95. The summed E-state index contributed by atoms with van der Waals surface area (Å²) in [5.41, 5.74) is 0. The molecule has 0 unspecified atom stereocenters. The van der Waals surface area contributed by atoms with Gasteiger partial charge in [0.15, 0.2) is 0 Å². The molecular formula is C8H12FNOS2. The molecule has 0 aliphatic carbocycles. The third kappa shape index (κ3) is 3.27. The molecular weight excluding hydrogens is 209 g/mol. The Bertz CT molecular complexity index is 275. The van der Waals surface area contributed by atoms with Crippen molar-refractivity contribution >= 4 is 23.4 Å². The Balaban J connectivity index is 2.70. The van der Waals surface area contributed by atoms with Crippen molar-refractivity contribution in [2.75, 3.05) is 21.2 Å². The van der Waals surface area contributed by atoms with Crippen LogP contribution in [-0.2, 0) is 10.7 Å². The largest absolute Gasteiger partial charge is 0.313 e. The Labute approximate surface area is 85.9 Å². The van der Waals surface area contributed by atoms with Gasteiger partial charge in [-0.2, -0.15) is 0 Å². The van der Waals surface area contributed by atoms with E-state index in [-0.39, 0.29) is 5.82 Å². The molecule has 0 aliphatic heterocycles. The van der Waals surface area contributed by atoms with E-state index >= 15 is 0 Å². The SMILES string of the molecule is COSc1sc(CN(C)C)cc1F. The number of halogens is 1. The van der Waals surface area contributed by atoms with Crippen LogP contribution in [0.25, 0.3) is 0 Å². The fourth-order valence-electron chi connectivity index (χ4n) is 0.920. The Morgan fingerprint density at radius 3 is 2.85 bits per heavy atom. The lowest BCUT2D eigenvalue weighted by Crippen LogP contribution is -2.09. The van der Waals surface area contributed by atoms with Crippen LogP contribution < -0.4 is 0 Å². The van der Waals surface area contributed by atoms with Crippen LogP contribution in [0.4, 0.5) is 4.39 Å². The molecule has 0 N–H and O–H groups in total. The van der Waals surface area contributed by atoms with Crippen molar-refractivity contribution in [1.82, 2.24) is 4.90 Å². The van der Waals surface area contributed by atoms with Crippen LogP contribution in [0.15, 0.2) is 10.3 Å². The molecule has 13 heavy (non-hydrogen) atoms. The van der Waals surface area contributed by atoms with Crippen LogP contribution in [-0.4, -0.2) is 26.1 Å². The standard InChI is InChI=1S/C8H12FNOS2/c1-10(2)5-6-4-7(9)8(12-6)13-11-3/h4H,5H2,1-3H3. The van der Waals surface area contributed by atoms with Crippen LogP contribution in [0.5, 0.6) is 0 Å². The summed E-state index contributed by atoms with van der Waals surface area (Å²) in [6.07, 6.45) is 0. The molecule has 0 fully saturated rings. The van der Waals surface area contributed by atoms with E-state index in [1.165, 1.54) is 18.4 Å². The van der Waals surface area contributed by atoms with Gasteiger partial charge >= 0.3 is 0 Å². The fourth-order valence-corrected chi connectivity index (χ4v) is 2.75. The normalized spacial score (nSPS) is 11.2. The van der Waals surface area contributed by atoms with Gasteiger partial charge in [0.05, 0.1) is 7.11 Å². The highest BCUT2D eigenvalue weighted by atomic mass is 32.2. The Morgan fingerprint density at radius 2 is 2.31 bits per heavy atom. The second-order valence-corrected chi connectivity index (χ2v) is 5.14. The molecule has 0 spiro atoms. The number of hydrogen-bond donors (Lipinski definition) is 0. The summed E-state index contributed by atoms with van der Waals surface area (Å²) >= 11 is 2.51. The van der Waals surface area contributed by atoms with E-state index in [1.807, 2.05) is 19.0 Å². The summed E-state index contributed by atoms with van der Waals surface area (Å²) in [6, 6.07) is 1.56. The maximum atomic E-state index is 13.1. The number of thiophene rings is 1. The first-order valence-corrected chi connectivity index (χ1v) is 5.33. The Morgan fingerprint density at radius 1 is 1.62 bits per heavy atom. The maximum Gasteiger partial charge on any atom is 0.150 e. The van der Waals surface area contributed by atoms with Gasteiger partial charge in [-0.05, 0) is 20.2 Å². The van der Waals surface area contributed by atoms with Crippen LogP contribution >= 0.6 is 23.4 Å². The molecule has 0 saturated heterocycles. The van der Waals surface area contributed by atoms with Crippen LogP contribution in [0.3, 0.4) is 0 Å². The van der Waals surface area contributed by atoms with Crippen LogP contribution in [0, 0.1) is 5.82 Å². The second-order valence-electron chi connectivity index (χ2n) is 2.84. The van der Waals surface area contributed by atoms with E-state index in [0.29, 0.717) is 4.21 Å². The first-order valence-electron chi connectivity index (χ1n) is 3.77. The van der Waals surface area contributed by atoms with E-state index < -0.39 is 0 Å². The number of hydrogen-bond acceptors (Lipinski definition) is 4. The first kappa shape index (κ1) is 11.0. The highest BCUT2D eigenvalue weighted by molar-refractivity contribution is 7.96. The zero-order valence-electron chi connectivity index (χ0n) is 7.83. The minimum Gasteiger partial charge on any atom is -0.313 e. The Kier molecular flexibility index (Phi) is 4.18. The minimum absolute atomic E-state index is 0.186. The van der Waals surface area contributed by atoms with E-state index in [0.717, 1.165) is 23.5 Å². The van der Waals surface area contributed by atoms with Crippen molar-refractivity contribution in [2.24, 2.45) is 0 Å². The van der Waals surface area contributed by atoms with Crippen molar-refractivity contribution in [1.29, 1.82) is 0 Å².